The van der Waals surface area contributed by atoms with Gasteiger partial charge in [0.05, 0.1) is 0 Å². The molecule has 5 heteroatoms. The molecule has 51 heavy (non-hydrogen) atoms. The SMILES string of the molecule is CCCCCCCC/C=C\CCCCCCCCC(CCNCCCCNCCCN)N(Cl)CCCCCCCC/C=C\CCCCCCCC. The molecule has 4 N–H and O–H groups in total. The molecule has 0 bridgehead atoms. The smallest absolute Gasteiger partial charge is 0.0263 e. The number of hydrogen-bond donors (Lipinski definition) is 3. The van der Waals surface area contributed by atoms with E-state index < -0.39 is 0 Å². The molecule has 0 aromatic heterocycles. The van der Waals surface area contributed by atoms with Crippen molar-refractivity contribution in [2.24, 2.45) is 5.73 Å². The molecular weight excluding hydrogens is 644 g/mol. The topological polar surface area (TPSA) is 53.3 Å². The second kappa shape index (κ2) is 45.8. The first-order valence-corrected chi connectivity index (χ1v) is 23.4. The van der Waals surface area contributed by atoms with Gasteiger partial charge in [0.25, 0.3) is 0 Å². The third-order valence-corrected chi connectivity index (χ3v) is 10.9. The van der Waals surface area contributed by atoms with E-state index in [1.54, 1.807) is 0 Å². The van der Waals surface area contributed by atoms with Gasteiger partial charge < -0.3 is 16.4 Å². The molecular formula is C46H93ClN4. The summed E-state index contributed by atoms with van der Waals surface area (Å²) in [5.74, 6) is 0. The predicted octanol–water partition coefficient (Wildman–Crippen LogP) is 14.0. The van der Waals surface area contributed by atoms with Gasteiger partial charge in [-0.1, -0.05) is 160 Å². The predicted molar refractivity (Wildman–Crippen MR) is 233 cm³/mol. The second-order valence-corrected chi connectivity index (χ2v) is 16.0. The molecule has 304 valence electrons. The number of nitrogens with zero attached hydrogens (tertiary/aromatic N) is 1. The third-order valence-electron chi connectivity index (χ3n) is 10.5. The first kappa shape index (κ1) is 50.6. The summed E-state index contributed by atoms with van der Waals surface area (Å²) in [6.45, 7) is 10.7. The van der Waals surface area contributed by atoms with Gasteiger partial charge in [0.2, 0.25) is 0 Å². The Labute approximate surface area is 326 Å². The van der Waals surface area contributed by atoms with Gasteiger partial charge in [0, 0.05) is 12.6 Å². The van der Waals surface area contributed by atoms with Gasteiger partial charge in [-0.3, -0.25) is 0 Å². The van der Waals surface area contributed by atoms with Crippen LogP contribution in [-0.2, 0) is 0 Å². The highest BCUT2D eigenvalue weighted by molar-refractivity contribution is 6.13. The Hall–Kier alpha value is -0.390. The Morgan fingerprint density at radius 1 is 0.431 bits per heavy atom. The first-order valence-electron chi connectivity index (χ1n) is 23.1. The van der Waals surface area contributed by atoms with Crippen LogP contribution >= 0.6 is 11.8 Å². The van der Waals surface area contributed by atoms with Crippen molar-refractivity contribution in [1.29, 1.82) is 0 Å². The van der Waals surface area contributed by atoms with E-state index in [4.69, 9.17) is 17.5 Å². The van der Waals surface area contributed by atoms with Gasteiger partial charge in [0.1, 0.15) is 0 Å². The fourth-order valence-corrected chi connectivity index (χ4v) is 7.31. The van der Waals surface area contributed by atoms with Crippen molar-refractivity contribution in [2.75, 3.05) is 39.3 Å². The van der Waals surface area contributed by atoms with Crippen molar-refractivity contribution < 1.29 is 0 Å². The third kappa shape index (κ3) is 42.2. The van der Waals surface area contributed by atoms with Gasteiger partial charge in [-0.15, -0.1) is 0 Å². The molecule has 0 amide bonds. The molecule has 1 atom stereocenters. The largest absolute Gasteiger partial charge is 0.330 e. The molecule has 4 nitrogen and oxygen atoms in total. The standard InChI is InChI=1S/C46H93ClN4/c1-3-5-7-9-11-13-15-17-19-21-23-25-27-29-31-33-38-46(39-44-50-42-35-34-41-49-43-37-40-48)51(47)45-36-32-30-28-26-24-22-20-18-16-14-12-10-8-6-4-2/h17-20,46,49-50H,3-16,21-45,48H2,1-2H3/b19-17-,20-18-. The summed E-state index contributed by atoms with van der Waals surface area (Å²) in [5.41, 5.74) is 5.58. The van der Waals surface area contributed by atoms with Gasteiger partial charge in [0.15, 0.2) is 0 Å². The molecule has 0 aromatic rings. The zero-order chi connectivity index (χ0) is 37.0. The van der Waals surface area contributed by atoms with Crippen molar-refractivity contribution in [3.8, 4) is 0 Å². The molecule has 0 aliphatic carbocycles. The minimum atomic E-state index is 0.497. The Kier molecular flexibility index (Phi) is 45.4. The van der Waals surface area contributed by atoms with Crippen molar-refractivity contribution >= 4 is 11.8 Å². The molecule has 0 aliphatic rings. The number of rotatable bonds is 44. The molecule has 0 spiro atoms. The molecule has 0 fully saturated rings. The minimum Gasteiger partial charge on any atom is -0.330 e. The van der Waals surface area contributed by atoms with Gasteiger partial charge in [-0.25, -0.2) is 4.42 Å². The first-order chi connectivity index (χ1) is 25.3. The number of nitrogens with one attached hydrogen (secondary N) is 2. The lowest BCUT2D eigenvalue weighted by molar-refractivity contribution is 0.287. The highest BCUT2D eigenvalue weighted by Gasteiger charge is 2.16. The number of halogens is 1. The van der Waals surface area contributed by atoms with Crippen LogP contribution in [0.25, 0.3) is 0 Å². The lowest BCUT2D eigenvalue weighted by Crippen LogP contribution is -2.32. The van der Waals surface area contributed by atoms with E-state index in [1.807, 2.05) is 0 Å². The van der Waals surface area contributed by atoms with E-state index in [-0.39, 0.29) is 0 Å². The van der Waals surface area contributed by atoms with Gasteiger partial charge in [-0.05, 0) is 134 Å². The molecule has 1 unspecified atom stereocenters. The lowest BCUT2D eigenvalue weighted by atomic mass is 10.0. The maximum Gasteiger partial charge on any atom is 0.0263 e. The van der Waals surface area contributed by atoms with Crippen molar-refractivity contribution in [3.05, 3.63) is 24.3 Å². The van der Waals surface area contributed by atoms with Crippen molar-refractivity contribution in [3.63, 3.8) is 0 Å². The highest BCUT2D eigenvalue weighted by atomic mass is 35.5. The van der Waals surface area contributed by atoms with E-state index in [9.17, 15) is 0 Å². The summed E-state index contributed by atoms with van der Waals surface area (Å²) in [5, 5.41) is 7.20. The lowest BCUT2D eigenvalue weighted by Gasteiger charge is -2.26. The quantitative estimate of drug-likeness (QED) is 0.0331. The van der Waals surface area contributed by atoms with E-state index >= 15 is 0 Å². The average Bonchev–Trinajstić information content (AvgIpc) is 3.14. The van der Waals surface area contributed by atoms with Crippen molar-refractivity contribution in [1.82, 2.24) is 15.1 Å². The maximum atomic E-state index is 6.98. The van der Waals surface area contributed by atoms with Crippen LogP contribution in [0, 0.1) is 0 Å². The summed E-state index contributed by atoms with van der Waals surface area (Å²) >= 11 is 6.98. The fourth-order valence-electron chi connectivity index (χ4n) is 6.99. The van der Waals surface area contributed by atoms with E-state index in [1.165, 1.54) is 199 Å². The monoisotopic (exact) mass is 737 g/mol. The molecule has 0 aliphatic heterocycles. The molecule has 0 saturated carbocycles. The number of nitrogens with two attached hydrogens (primary N) is 1. The molecule has 0 aromatic carbocycles. The van der Waals surface area contributed by atoms with Crippen LogP contribution in [0.4, 0.5) is 0 Å². The fraction of sp³-hybridized carbons (Fsp3) is 0.913. The molecule has 0 heterocycles. The summed E-state index contributed by atoms with van der Waals surface area (Å²) in [6, 6.07) is 0.497. The van der Waals surface area contributed by atoms with Crippen LogP contribution in [0.3, 0.4) is 0 Å². The zero-order valence-corrected chi connectivity index (χ0v) is 35.6. The van der Waals surface area contributed by atoms with Crippen LogP contribution in [0.15, 0.2) is 24.3 Å². The van der Waals surface area contributed by atoms with Crippen LogP contribution in [0.2, 0.25) is 0 Å². The van der Waals surface area contributed by atoms with Gasteiger partial charge in [-0.2, -0.15) is 0 Å². The average molecular weight is 738 g/mol. The van der Waals surface area contributed by atoms with Gasteiger partial charge >= 0.3 is 0 Å². The summed E-state index contributed by atoms with van der Waals surface area (Å²) in [4.78, 5) is 0. The molecule has 0 rings (SSSR count). The second-order valence-electron chi connectivity index (χ2n) is 15.6. The van der Waals surface area contributed by atoms with Crippen LogP contribution < -0.4 is 16.4 Å². The highest BCUT2D eigenvalue weighted by Crippen LogP contribution is 2.19. The number of hydrogen-bond acceptors (Lipinski definition) is 4. The van der Waals surface area contributed by atoms with E-state index in [0.29, 0.717) is 6.04 Å². The van der Waals surface area contributed by atoms with E-state index in [0.717, 1.165) is 52.1 Å². The van der Waals surface area contributed by atoms with E-state index in [2.05, 4.69) is 53.2 Å². The molecule has 0 radical (unpaired) electrons. The van der Waals surface area contributed by atoms with Crippen molar-refractivity contribution in [2.45, 2.75) is 232 Å². The molecule has 0 saturated heterocycles. The Morgan fingerprint density at radius 2 is 0.804 bits per heavy atom. The van der Waals surface area contributed by atoms with Crippen LogP contribution in [0.1, 0.15) is 226 Å². The summed E-state index contributed by atoms with van der Waals surface area (Å²) in [7, 11) is 0. The number of allylic oxidation sites excluding steroid dienone is 4. The number of unbranched alkanes of at least 4 members (excludes halogenated alkanes) is 25. The summed E-state index contributed by atoms with van der Waals surface area (Å²) in [6.07, 6.45) is 53.8. The Balaban J connectivity index is 4.08. The normalized spacial score (nSPS) is 12.7. The Bertz CT molecular complexity index is 684. The minimum absolute atomic E-state index is 0.497. The summed E-state index contributed by atoms with van der Waals surface area (Å²) < 4.78 is 2.19. The maximum absolute atomic E-state index is 6.98. The van der Waals surface area contributed by atoms with Crippen LogP contribution in [-0.4, -0.2) is 49.7 Å². The zero-order valence-electron chi connectivity index (χ0n) is 34.9. The Morgan fingerprint density at radius 3 is 1.25 bits per heavy atom. The van der Waals surface area contributed by atoms with Crippen LogP contribution in [0.5, 0.6) is 0 Å².